The summed E-state index contributed by atoms with van der Waals surface area (Å²) in [5.74, 6) is -1.15. The third-order valence-electron chi connectivity index (χ3n) is 6.33. The molecule has 0 aliphatic heterocycles. The molecule has 0 aliphatic rings. The number of phosphoric acid groups is 1. The number of benzene rings is 4. The number of rotatable bonds is 12. The first kappa shape index (κ1) is 34.9. The van der Waals surface area contributed by atoms with Gasteiger partial charge < -0.3 is 19.7 Å². The minimum absolute atomic E-state index is 0.0507. The molecule has 0 aliphatic carbocycles. The molecule has 47 heavy (non-hydrogen) atoms. The molecule has 0 atom stereocenters. The SMILES string of the molecule is C=C(C)C(=O)Nc1ccc(S(=O)(=O)c2ccc(OP(=O)(O)Oc3ccc(S(=O)(=O)c4ccc(NC(=O)C(=C)C)cc4)cc3)cc2)cc1. The molecular weight excluding hydrogens is 667 g/mol. The molecule has 4 aromatic rings. The minimum Gasteiger partial charge on any atom is -0.395 e. The lowest BCUT2D eigenvalue weighted by molar-refractivity contribution is -0.113. The molecule has 0 bridgehead atoms. The van der Waals surface area contributed by atoms with Crippen LogP contribution >= 0.6 is 7.82 Å². The molecule has 12 nitrogen and oxygen atoms in total. The monoisotopic (exact) mass is 696 g/mol. The fourth-order valence-electron chi connectivity index (χ4n) is 3.83. The zero-order chi connectivity index (χ0) is 34.6. The van der Waals surface area contributed by atoms with Crippen LogP contribution in [0.1, 0.15) is 13.8 Å². The van der Waals surface area contributed by atoms with Crippen molar-refractivity contribution in [2.75, 3.05) is 10.6 Å². The second-order valence-corrected chi connectivity index (χ2v) is 15.3. The van der Waals surface area contributed by atoms with Crippen molar-refractivity contribution in [1.82, 2.24) is 0 Å². The Morgan fingerprint density at radius 3 is 1.09 bits per heavy atom. The molecule has 0 saturated heterocycles. The Hall–Kier alpha value is -5.01. The first-order valence-corrected chi connectivity index (χ1v) is 18.0. The molecule has 244 valence electrons. The van der Waals surface area contributed by atoms with Gasteiger partial charge in [-0.1, -0.05) is 13.2 Å². The molecule has 0 radical (unpaired) electrons. The van der Waals surface area contributed by atoms with E-state index in [2.05, 4.69) is 23.8 Å². The maximum absolute atomic E-state index is 13.0. The fourth-order valence-corrected chi connectivity index (χ4v) is 7.16. The summed E-state index contributed by atoms with van der Waals surface area (Å²) in [6.45, 7) is 10.2. The molecule has 0 aromatic heterocycles. The third-order valence-corrected chi connectivity index (χ3v) is 10.8. The lowest BCUT2D eigenvalue weighted by Gasteiger charge is -2.14. The molecule has 0 fully saturated rings. The van der Waals surface area contributed by atoms with E-state index in [1.54, 1.807) is 0 Å². The standard InChI is InChI=1S/C32H29N2O10PS2/c1-21(2)31(35)33-23-5-13-27(14-6-23)46(39,40)29-17-9-25(10-18-29)43-45(37,38)44-26-11-19-30(20-12-26)47(41,42)28-15-7-24(8-16-28)34-32(36)22(3)4/h5-20H,1,3H2,2,4H3,(H,33,35)(H,34,36)(H,37,38). The summed E-state index contributed by atoms with van der Waals surface area (Å²) in [7, 11) is -12.7. The van der Waals surface area contributed by atoms with Crippen molar-refractivity contribution in [2.45, 2.75) is 33.4 Å². The number of amides is 2. The van der Waals surface area contributed by atoms with Crippen molar-refractivity contribution in [3.63, 3.8) is 0 Å². The van der Waals surface area contributed by atoms with Crippen LogP contribution < -0.4 is 19.7 Å². The number of nitrogens with one attached hydrogen (secondary N) is 2. The number of carbonyl (C=O) groups excluding carboxylic acids is 2. The first-order valence-electron chi connectivity index (χ1n) is 13.5. The number of phosphoric ester groups is 1. The van der Waals surface area contributed by atoms with Gasteiger partial charge in [-0.25, -0.2) is 21.4 Å². The van der Waals surface area contributed by atoms with E-state index in [-0.39, 0.29) is 42.2 Å². The maximum Gasteiger partial charge on any atom is 0.584 e. The van der Waals surface area contributed by atoms with Gasteiger partial charge in [-0.15, -0.1) is 0 Å². The van der Waals surface area contributed by atoms with E-state index in [0.717, 1.165) is 0 Å². The number of sulfone groups is 2. The van der Waals surface area contributed by atoms with Crippen LogP contribution in [0.2, 0.25) is 0 Å². The zero-order valence-electron chi connectivity index (χ0n) is 25.0. The Kier molecular flexibility index (Phi) is 10.2. The van der Waals surface area contributed by atoms with Gasteiger partial charge >= 0.3 is 7.82 Å². The van der Waals surface area contributed by atoms with Crippen LogP contribution in [0.15, 0.2) is 141 Å². The lowest BCUT2D eigenvalue weighted by Crippen LogP contribution is -2.11. The van der Waals surface area contributed by atoms with Crippen LogP contribution in [0.4, 0.5) is 11.4 Å². The van der Waals surface area contributed by atoms with E-state index in [1.807, 2.05) is 0 Å². The van der Waals surface area contributed by atoms with Crippen LogP contribution in [0.3, 0.4) is 0 Å². The van der Waals surface area contributed by atoms with Crippen LogP contribution in [-0.4, -0.2) is 33.5 Å². The maximum atomic E-state index is 13.0. The number of hydrogen-bond acceptors (Lipinski definition) is 9. The fraction of sp³-hybridized carbons (Fsp3) is 0.0625. The van der Waals surface area contributed by atoms with Gasteiger partial charge in [0.15, 0.2) is 0 Å². The smallest absolute Gasteiger partial charge is 0.395 e. The predicted molar refractivity (Wildman–Crippen MR) is 175 cm³/mol. The Bertz CT molecular complexity index is 1960. The van der Waals surface area contributed by atoms with Gasteiger partial charge in [-0.3, -0.25) is 14.5 Å². The molecule has 0 unspecified atom stereocenters. The van der Waals surface area contributed by atoms with E-state index in [0.29, 0.717) is 11.4 Å². The summed E-state index contributed by atoms with van der Waals surface area (Å²) in [6, 6.07) is 20.4. The van der Waals surface area contributed by atoms with Crippen molar-refractivity contribution in [3.8, 4) is 11.5 Å². The predicted octanol–water partition coefficient (Wildman–Crippen LogP) is 5.94. The zero-order valence-corrected chi connectivity index (χ0v) is 27.6. The molecule has 4 rings (SSSR count). The van der Waals surface area contributed by atoms with Gasteiger partial charge in [0.25, 0.3) is 11.8 Å². The summed E-state index contributed by atoms with van der Waals surface area (Å²) in [5, 5.41) is 5.16. The van der Waals surface area contributed by atoms with Gasteiger partial charge in [-0.2, -0.15) is 0 Å². The second kappa shape index (κ2) is 13.8. The third kappa shape index (κ3) is 8.63. The highest BCUT2D eigenvalue weighted by Gasteiger charge is 2.27. The number of carbonyl (C=O) groups is 2. The average Bonchev–Trinajstić information content (AvgIpc) is 3.01. The summed E-state index contributed by atoms with van der Waals surface area (Å²) >= 11 is 0. The minimum atomic E-state index is -4.79. The van der Waals surface area contributed by atoms with E-state index in [4.69, 9.17) is 9.05 Å². The van der Waals surface area contributed by atoms with Gasteiger partial charge in [0.1, 0.15) is 11.5 Å². The van der Waals surface area contributed by atoms with Crippen LogP contribution in [0.5, 0.6) is 11.5 Å². The van der Waals surface area contributed by atoms with Crippen LogP contribution in [-0.2, 0) is 33.8 Å². The molecule has 3 N–H and O–H groups in total. The Labute approximate surface area is 271 Å². The van der Waals surface area contributed by atoms with Crippen LogP contribution in [0.25, 0.3) is 0 Å². The van der Waals surface area contributed by atoms with Crippen molar-refractivity contribution in [1.29, 1.82) is 0 Å². The normalized spacial score (nSPS) is 11.6. The number of anilines is 2. The summed E-state index contributed by atoms with van der Waals surface area (Å²) in [4.78, 5) is 33.5. The quantitative estimate of drug-likeness (QED) is 0.118. The average molecular weight is 697 g/mol. The summed E-state index contributed by atoms with van der Waals surface area (Å²) < 4.78 is 75.0. The number of hydrogen-bond donors (Lipinski definition) is 3. The molecule has 4 aromatic carbocycles. The van der Waals surface area contributed by atoms with Gasteiger partial charge in [0.05, 0.1) is 19.6 Å². The highest BCUT2D eigenvalue weighted by Crippen LogP contribution is 2.44. The first-order chi connectivity index (χ1) is 22.0. The van der Waals surface area contributed by atoms with Crippen molar-refractivity contribution >= 4 is 50.7 Å². The molecular formula is C32H29N2O10PS2. The van der Waals surface area contributed by atoms with E-state index < -0.39 is 39.3 Å². The molecule has 0 spiro atoms. The molecule has 15 heteroatoms. The summed E-state index contributed by atoms with van der Waals surface area (Å²) in [5.41, 5.74) is 1.34. The van der Waals surface area contributed by atoms with Gasteiger partial charge in [0.2, 0.25) is 19.7 Å². The highest BCUT2D eigenvalue weighted by molar-refractivity contribution is 7.91. The van der Waals surface area contributed by atoms with Gasteiger partial charge in [-0.05, 0) is 111 Å². The highest BCUT2D eigenvalue weighted by atomic mass is 32.2. The van der Waals surface area contributed by atoms with Gasteiger partial charge in [0, 0.05) is 22.5 Å². The Morgan fingerprint density at radius 2 is 0.830 bits per heavy atom. The van der Waals surface area contributed by atoms with Crippen LogP contribution in [0, 0.1) is 0 Å². The van der Waals surface area contributed by atoms with Crippen molar-refractivity contribution in [2.24, 2.45) is 0 Å². The van der Waals surface area contributed by atoms with Crippen molar-refractivity contribution < 1.29 is 44.9 Å². The summed E-state index contributed by atoms with van der Waals surface area (Å²) in [6.07, 6.45) is 0. The van der Waals surface area contributed by atoms with E-state index in [9.17, 15) is 35.9 Å². The van der Waals surface area contributed by atoms with E-state index in [1.165, 1.54) is 111 Å². The molecule has 0 saturated carbocycles. The lowest BCUT2D eigenvalue weighted by atomic mass is 10.3. The molecule has 2 amide bonds. The topological polar surface area (TPSA) is 182 Å². The second-order valence-electron chi connectivity index (χ2n) is 10.1. The van der Waals surface area contributed by atoms with Crippen molar-refractivity contribution in [3.05, 3.63) is 121 Å². The Balaban J connectivity index is 1.40. The Morgan fingerprint density at radius 1 is 0.574 bits per heavy atom. The largest absolute Gasteiger partial charge is 0.584 e. The van der Waals surface area contributed by atoms with E-state index >= 15 is 0 Å². The molecule has 0 heterocycles.